The van der Waals surface area contributed by atoms with E-state index in [4.69, 9.17) is 0 Å². The average molecular weight is 464 g/mol. The molecule has 0 aromatic heterocycles. The van der Waals surface area contributed by atoms with Crippen LogP contribution < -0.4 is 10.2 Å². The van der Waals surface area contributed by atoms with E-state index in [9.17, 15) is 31.1 Å². The summed E-state index contributed by atoms with van der Waals surface area (Å²) >= 11 is 0. The topological polar surface area (TPSA) is 32.3 Å². The number of alkyl halides is 6. The van der Waals surface area contributed by atoms with Crippen LogP contribution in [0.4, 0.5) is 37.7 Å². The first kappa shape index (κ1) is 22.7. The molecular formula is C24H18F6N2O. The van der Waals surface area contributed by atoms with Gasteiger partial charge in [0.15, 0.2) is 0 Å². The quantitative estimate of drug-likeness (QED) is 0.447. The van der Waals surface area contributed by atoms with Crippen LogP contribution in [0.25, 0.3) is 0 Å². The van der Waals surface area contributed by atoms with Gasteiger partial charge in [-0.3, -0.25) is 4.79 Å². The van der Waals surface area contributed by atoms with E-state index >= 15 is 0 Å². The summed E-state index contributed by atoms with van der Waals surface area (Å²) in [4.78, 5) is 14.5. The summed E-state index contributed by atoms with van der Waals surface area (Å²) < 4.78 is 79.5. The monoisotopic (exact) mass is 464 g/mol. The molecule has 0 saturated heterocycles. The summed E-state index contributed by atoms with van der Waals surface area (Å²) in [6.45, 7) is 0.846. The molecule has 0 unspecified atom stereocenters. The maximum Gasteiger partial charge on any atom is 0.416 e. The van der Waals surface area contributed by atoms with Crippen LogP contribution >= 0.6 is 0 Å². The Morgan fingerprint density at radius 1 is 0.788 bits per heavy atom. The molecule has 1 aliphatic rings. The molecule has 33 heavy (non-hydrogen) atoms. The zero-order valence-corrected chi connectivity index (χ0v) is 17.1. The van der Waals surface area contributed by atoms with Crippen LogP contribution in [0, 0.1) is 0 Å². The number of nitrogens with one attached hydrogen (secondary N) is 1. The van der Waals surface area contributed by atoms with Gasteiger partial charge in [0.05, 0.1) is 11.1 Å². The summed E-state index contributed by atoms with van der Waals surface area (Å²) in [7, 11) is 0. The fourth-order valence-corrected chi connectivity index (χ4v) is 3.78. The Kier molecular flexibility index (Phi) is 5.82. The second-order valence-electron chi connectivity index (χ2n) is 7.74. The summed E-state index contributed by atoms with van der Waals surface area (Å²) in [6, 6.07) is 14.5. The number of carbonyl (C=O) groups excluding carboxylic acids is 1. The number of hydrogen-bond donors (Lipinski definition) is 1. The van der Waals surface area contributed by atoms with E-state index in [-0.39, 0.29) is 16.9 Å². The number of fused-ring (bicyclic) bond motifs is 1. The molecule has 0 saturated carbocycles. The molecule has 0 bridgehead atoms. The van der Waals surface area contributed by atoms with Crippen LogP contribution in [0.15, 0.2) is 66.7 Å². The summed E-state index contributed by atoms with van der Waals surface area (Å²) in [5.74, 6) is -0.931. The standard InChI is InChI=1S/C24H18F6N2O/c25-23(26,27)18-6-3-7-20(12-18)31-22(33)17-10-19(24(28,29)30)13-21(11-17)32-9-8-15-4-1-2-5-16(15)14-32/h1-7,10-13H,8-9,14H2,(H,31,33). The van der Waals surface area contributed by atoms with Crippen LogP contribution in [0.1, 0.15) is 32.6 Å². The minimum Gasteiger partial charge on any atom is -0.367 e. The molecule has 9 heteroatoms. The lowest BCUT2D eigenvalue weighted by molar-refractivity contribution is -0.138. The van der Waals surface area contributed by atoms with Gasteiger partial charge in [0, 0.05) is 30.0 Å². The van der Waals surface area contributed by atoms with Gasteiger partial charge < -0.3 is 10.2 Å². The molecule has 1 heterocycles. The molecule has 0 radical (unpaired) electrons. The molecule has 4 rings (SSSR count). The predicted octanol–water partition coefficient (Wildman–Crippen LogP) is 6.54. The molecule has 0 fully saturated rings. The van der Waals surface area contributed by atoms with Gasteiger partial charge in [-0.15, -0.1) is 0 Å². The van der Waals surface area contributed by atoms with Crippen LogP contribution in [-0.2, 0) is 25.3 Å². The summed E-state index contributed by atoms with van der Waals surface area (Å²) in [5.41, 5.74) is -0.130. The van der Waals surface area contributed by atoms with Crippen LogP contribution in [0.2, 0.25) is 0 Å². The molecule has 3 aromatic carbocycles. The molecular weight excluding hydrogens is 446 g/mol. The van der Waals surface area contributed by atoms with Crippen molar-refractivity contribution >= 4 is 17.3 Å². The van der Waals surface area contributed by atoms with E-state index in [2.05, 4.69) is 5.32 Å². The van der Waals surface area contributed by atoms with Gasteiger partial charge in [-0.1, -0.05) is 30.3 Å². The molecule has 3 aromatic rings. The van der Waals surface area contributed by atoms with E-state index in [1.54, 1.807) is 4.90 Å². The highest BCUT2D eigenvalue weighted by molar-refractivity contribution is 6.05. The second-order valence-corrected chi connectivity index (χ2v) is 7.74. The van der Waals surface area contributed by atoms with Crippen molar-refractivity contribution in [1.29, 1.82) is 0 Å². The first-order valence-corrected chi connectivity index (χ1v) is 10.0. The summed E-state index contributed by atoms with van der Waals surface area (Å²) in [6.07, 6.45) is -8.68. The number of hydrogen-bond acceptors (Lipinski definition) is 2. The molecule has 0 aliphatic carbocycles. The number of carbonyl (C=O) groups is 1. The molecule has 172 valence electrons. The highest BCUT2D eigenvalue weighted by Gasteiger charge is 2.33. The molecule has 1 amide bonds. The number of benzene rings is 3. The normalized spacial score (nSPS) is 14.1. The number of rotatable bonds is 3. The van der Waals surface area contributed by atoms with Crippen molar-refractivity contribution in [3.8, 4) is 0 Å². The highest BCUT2D eigenvalue weighted by Crippen LogP contribution is 2.35. The zero-order chi connectivity index (χ0) is 23.8. The van der Waals surface area contributed by atoms with Gasteiger partial charge in [0.1, 0.15) is 0 Å². The molecule has 1 aliphatic heterocycles. The third-order valence-electron chi connectivity index (χ3n) is 5.45. The second kappa shape index (κ2) is 8.46. The van der Waals surface area contributed by atoms with Gasteiger partial charge in [0.2, 0.25) is 0 Å². The third kappa shape index (κ3) is 5.13. The van der Waals surface area contributed by atoms with E-state index in [1.807, 2.05) is 24.3 Å². The number of anilines is 2. The predicted molar refractivity (Wildman–Crippen MR) is 112 cm³/mol. The molecule has 3 nitrogen and oxygen atoms in total. The molecule has 1 N–H and O–H groups in total. The van der Waals surface area contributed by atoms with Crippen molar-refractivity contribution in [2.24, 2.45) is 0 Å². The van der Waals surface area contributed by atoms with Crippen molar-refractivity contribution < 1.29 is 31.1 Å². The minimum absolute atomic E-state index is 0.166. The molecule has 0 atom stereocenters. The first-order chi connectivity index (χ1) is 15.5. The van der Waals surface area contributed by atoms with E-state index in [1.165, 1.54) is 12.1 Å². The number of nitrogens with zero attached hydrogens (tertiary/aromatic N) is 1. The highest BCUT2D eigenvalue weighted by atomic mass is 19.4. The third-order valence-corrected chi connectivity index (χ3v) is 5.45. The fraction of sp³-hybridized carbons (Fsp3) is 0.208. The van der Waals surface area contributed by atoms with Gasteiger partial charge in [-0.2, -0.15) is 26.3 Å². The van der Waals surface area contributed by atoms with Crippen molar-refractivity contribution in [2.75, 3.05) is 16.8 Å². The van der Waals surface area contributed by atoms with Crippen LogP contribution in [-0.4, -0.2) is 12.5 Å². The van der Waals surface area contributed by atoms with Gasteiger partial charge in [0.25, 0.3) is 5.91 Å². The largest absolute Gasteiger partial charge is 0.416 e. The Balaban J connectivity index is 1.65. The van der Waals surface area contributed by atoms with Crippen LogP contribution in [0.3, 0.4) is 0 Å². The van der Waals surface area contributed by atoms with Gasteiger partial charge >= 0.3 is 12.4 Å². The van der Waals surface area contributed by atoms with E-state index < -0.39 is 29.4 Å². The SMILES string of the molecule is O=C(Nc1cccc(C(F)(F)F)c1)c1cc(N2CCc3ccccc3C2)cc(C(F)(F)F)c1. The Hall–Kier alpha value is -3.49. The van der Waals surface area contributed by atoms with Crippen molar-refractivity contribution in [3.63, 3.8) is 0 Å². The van der Waals surface area contributed by atoms with Crippen molar-refractivity contribution in [2.45, 2.75) is 25.3 Å². The van der Waals surface area contributed by atoms with Crippen molar-refractivity contribution in [1.82, 2.24) is 0 Å². The maximum absolute atomic E-state index is 13.6. The first-order valence-electron chi connectivity index (χ1n) is 10.0. The lowest BCUT2D eigenvalue weighted by Crippen LogP contribution is -2.30. The molecule has 0 spiro atoms. The number of amides is 1. The number of halogens is 6. The Bertz CT molecular complexity index is 1190. The Morgan fingerprint density at radius 3 is 2.18 bits per heavy atom. The fourth-order valence-electron chi connectivity index (χ4n) is 3.78. The van der Waals surface area contributed by atoms with E-state index in [0.717, 1.165) is 35.4 Å². The summed E-state index contributed by atoms with van der Waals surface area (Å²) in [5, 5.41) is 2.27. The lowest BCUT2D eigenvalue weighted by atomic mass is 9.98. The van der Waals surface area contributed by atoms with Gasteiger partial charge in [-0.05, 0) is 53.9 Å². The lowest BCUT2D eigenvalue weighted by Gasteiger charge is -2.31. The Morgan fingerprint density at radius 2 is 1.48 bits per heavy atom. The smallest absolute Gasteiger partial charge is 0.367 e. The van der Waals surface area contributed by atoms with Crippen LogP contribution in [0.5, 0.6) is 0 Å². The minimum atomic E-state index is -4.70. The maximum atomic E-state index is 13.6. The van der Waals surface area contributed by atoms with Gasteiger partial charge in [-0.25, -0.2) is 0 Å². The Labute approximate surface area is 185 Å². The zero-order valence-electron chi connectivity index (χ0n) is 17.1. The average Bonchev–Trinajstić information content (AvgIpc) is 2.77. The van der Waals surface area contributed by atoms with E-state index in [0.29, 0.717) is 25.6 Å². The van der Waals surface area contributed by atoms with Crippen molar-refractivity contribution in [3.05, 3.63) is 94.5 Å².